The Labute approximate surface area is 107 Å². The number of hydrogen-bond donors (Lipinski definition) is 1. The molecule has 0 aromatic heterocycles. The van der Waals surface area contributed by atoms with Crippen LogP contribution >= 0.6 is 12.2 Å². The van der Waals surface area contributed by atoms with E-state index in [1.807, 2.05) is 19.1 Å². The lowest BCUT2D eigenvalue weighted by molar-refractivity contribution is 1.43. The zero-order valence-corrected chi connectivity index (χ0v) is 10.6. The molecule has 2 aromatic carbocycles. The highest BCUT2D eigenvalue weighted by Gasteiger charge is 1.99. The Morgan fingerprint density at radius 1 is 1.18 bits per heavy atom. The normalized spacial score (nSPS) is 10.9. The van der Waals surface area contributed by atoms with Crippen molar-refractivity contribution in [1.82, 2.24) is 0 Å². The van der Waals surface area contributed by atoms with Gasteiger partial charge in [0.2, 0.25) is 0 Å². The average Bonchev–Trinajstić information content (AvgIpc) is 2.36. The lowest BCUT2D eigenvalue weighted by Gasteiger charge is -2.09. The second-order valence-corrected chi connectivity index (χ2v) is 4.37. The summed E-state index contributed by atoms with van der Waals surface area (Å²) in [6.45, 7) is 2.68. The number of rotatable bonds is 4. The first-order chi connectivity index (χ1) is 8.31. The van der Waals surface area contributed by atoms with Crippen LogP contribution in [0.5, 0.6) is 0 Å². The molecule has 1 nitrogen and oxygen atoms in total. The molecule has 0 amide bonds. The van der Waals surface area contributed by atoms with Gasteiger partial charge in [0.05, 0.1) is 6.54 Å². The first kappa shape index (κ1) is 11.8. The molecule has 0 saturated carbocycles. The molecule has 0 aliphatic carbocycles. The van der Waals surface area contributed by atoms with E-state index in [-0.39, 0.29) is 0 Å². The molecule has 0 aliphatic heterocycles. The standard InChI is InChI=1S/C15H15NS/c1-2-6-13(17)11-16-15-10-5-8-12-7-3-4-9-14(12)15/h2-10,16H,11H2,1H3. The fourth-order valence-electron chi connectivity index (χ4n) is 1.81. The number of anilines is 1. The summed E-state index contributed by atoms with van der Waals surface area (Å²) in [5.74, 6) is 0. The molecule has 0 radical (unpaired) electrons. The highest BCUT2D eigenvalue weighted by Crippen LogP contribution is 2.22. The van der Waals surface area contributed by atoms with Crippen LogP contribution in [-0.2, 0) is 0 Å². The molecule has 2 heteroatoms. The molecular formula is C15H15NS. The Morgan fingerprint density at radius 2 is 1.94 bits per heavy atom. The van der Waals surface area contributed by atoms with Crippen molar-refractivity contribution < 1.29 is 0 Å². The van der Waals surface area contributed by atoms with Crippen LogP contribution in [0, 0.1) is 0 Å². The summed E-state index contributed by atoms with van der Waals surface area (Å²) in [6, 6.07) is 14.6. The lowest BCUT2D eigenvalue weighted by atomic mass is 10.1. The van der Waals surface area contributed by atoms with Gasteiger partial charge >= 0.3 is 0 Å². The largest absolute Gasteiger partial charge is 0.380 e. The zero-order valence-electron chi connectivity index (χ0n) is 9.81. The van der Waals surface area contributed by atoms with Gasteiger partial charge in [-0.05, 0) is 18.4 Å². The molecule has 2 aromatic rings. The average molecular weight is 241 g/mol. The van der Waals surface area contributed by atoms with E-state index in [0.29, 0.717) is 6.54 Å². The van der Waals surface area contributed by atoms with Gasteiger partial charge in [0.15, 0.2) is 0 Å². The van der Waals surface area contributed by atoms with Gasteiger partial charge in [-0.3, -0.25) is 0 Å². The number of allylic oxidation sites excluding steroid dienone is 1. The second kappa shape index (κ2) is 5.60. The van der Waals surface area contributed by atoms with E-state index in [4.69, 9.17) is 12.2 Å². The van der Waals surface area contributed by atoms with E-state index in [2.05, 4.69) is 47.8 Å². The highest BCUT2D eigenvalue weighted by molar-refractivity contribution is 7.80. The predicted molar refractivity (Wildman–Crippen MR) is 79.8 cm³/mol. The molecule has 0 saturated heterocycles. The lowest BCUT2D eigenvalue weighted by Crippen LogP contribution is -2.09. The monoisotopic (exact) mass is 241 g/mol. The minimum atomic E-state index is 0.702. The van der Waals surface area contributed by atoms with Crippen molar-refractivity contribution in [3.8, 4) is 0 Å². The summed E-state index contributed by atoms with van der Waals surface area (Å²) in [5.41, 5.74) is 1.13. The molecule has 17 heavy (non-hydrogen) atoms. The number of benzene rings is 2. The smallest absolute Gasteiger partial charge is 0.0502 e. The maximum atomic E-state index is 5.23. The molecule has 0 aliphatic rings. The SMILES string of the molecule is CC=CC(=S)CNc1cccc2ccccc12. The fourth-order valence-corrected chi connectivity index (χ4v) is 2.01. The summed E-state index contributed by atoms with van der Waals surface area (Å²) < 4.78 is 0. The third-order valence-corrected chi connectivity index (χ3v) is 2.88. The molecule has 1 N–H and O–H groups in total. The van der Waals surface area contributed by atoms with Gasteiger partial charge < -0.3 is 5.32 Å². The molecule has 0 atom stereocenters. The van der Waals surface area contributed by atoms with Gasteiger partial charge in [0, 0.05) is 15.9 Å². The maximum Gasteiger partial charge on any atom is 0.0502 e. The minimum absolute atomic E-state index is 0.702. The van der Waals surface area contributed by atoms with Crippen LogP contribution in [0.25, 0.3) is 10.8 Å². The van der Waals surface area contributed by atoms with E-state index in [0.717, 1.165) is 10.6 Å². The van der Waals surface area contributed by atoms with Crippen molar-refractivity contribution in [2.75, 3.05) is 11.9 Å². The van der Waals surface area contributed by atoms with E-state index < -0.39 is 0 Å². The first-order valence-corrected chi connectivity index (χ1v) is 6.09. The van der Waals surface area contributed by atoms with Gasteiger partial charge in [-0.1, -0.05) is 60.8 Å². The van der Waals surface area contributed by atoms with Crippen molar-refractivity contribution in [2.24, 2.45) is 0 Å². The Hall–Kier alpha value is -1.67. The third-order valence-electron chi connectivity index (χ3n) is 2.60. The summed E-state index contributed by atoms with van der Waals surface area (Å²) in [6.07, 6.45) is 3.92. The number of hydrogen-bond acceptors (Lipinski definition) is 2. The molecule has 0 heterocycles. The third kappa shape index (κ3) is 2.92. The fraction of sp³-hybridized carbons (Fsp3) is 0.133. The number of thiocarbonyl (C=S) groups is 1. The summed E-state index contributed by atoms with van der Waals surface area (Å²) >= 11 is 5.23. The number of nitrogens with one attached hydrogen (secondary N) is 1. The topological polar surface area (TPSA) is 12.0 Å². The second-order valence-electron chi connectivity index (χ2n) is 3.85. The van der Waals surface area contributed by atoms with Crippen molar-refractivity contribution in [2.45, 2.75) is 6.92 Å². The van der Waals surface area contributed by atoms with E-state index in [1.54, 1.807) is 0 Å². The van der Waals surface area contributed by atoms with Gasteiger partial charge in [-0.15, -0.1) is 0 Å². The van der Waals surface area contributed by atoms with Crippen molar-refractivity contribution in [3.05, 3.63) is 54.6 Å². The summed E-state index contributed by atoms with van der Waals surface area (Å²) in [7, 11) is 0. The molecule has 0 spiro atoms. The van der Waals surface area contributed by atoms with Crippen LogP contribution in [0.4, 0.5) is 5.69 Å². The Morgan fingerprint density at radius 3 is 2.76 bits per heavy atom. The van der Waals surface area contributed by atoms with Crippen molar-refractivity contribution in [3.63, 3.8) is 0 Å². The molecule has 0 unspecified atom stereocenters. The number of fused-ring (bicyclic) bond motifs is 1. The van der Waals surface area contributed by atoms with Crippen LogP contribution in [0.15, 0.2) is 54.6 Å². The first-order valence-electron chi connectivity index (χ1n) is 5.68. The van der Waals surface area contributed by atoms with Gasteiger partial charge in [-0.2, -0.15) is 0 Å². The summed E-state index contributed by atoms with van der Waals surface area (Å²) in [5, 5.41) is 5.86. The molecule has 2 rings (SSSR count). The quantitative estimate of drug-likeness (QED) is 0.636. The van der Waals surface area contributed by atoms with Gasteiger partial charge in [0.1, 0.15) is 0 Å². The molecule has 0 fully saturated rings. The Bertz CT molecular complexity index is 552. The molecule has 86 valence electrons. The van der Waals surface area contributed by atoms with Gasteiger partial charge in [-0.25, -0.2) is 0 Å². The van der Waals surface area contributed by atoms with Crippen LogP contribution in [0.1, 0.15) is 6.92 Å². The zero-order chi connectivity index (χ0) is 12.1. The molecular weight excluding hydrogens is 226 g/mol. The van der Waals surface area contributed by atoms with Crippen LogP contribution < -0.4 is 5.32 Å². The van der Waals surface area contributed by atoms with Gasteiger partial charge in [0.25, 0.3) is 0 Å². The van der Waals surface area contributed by atoms with E-state index >= 15 is 0 Å². The van der Waals surface area contributed by atoms with E-state index in [1.165, 1.54) is 10.8 Å². The van der Waals surface area contributed by atoms with Crippen LogP contribution in [0.3, 0.4) is 0 Å². The van der Waals surface area contributed by atoms with Crippen molar-refractivity contribution >= 4 is 33.5 Å². The highest BCUT2D eigenvalue weighted by atomic mass is 32.1. The van der Waals surface area contributed by atoms with E-state index in [9.17, 15) is 0 Å². The Balaban J connectivity index is 2.21. The van der Waals surface area contributed by atoms with Crippen LogP contribution in [0.2, 0.25) is 0 Å². The van der Waals surface area contributed by atoms with Crippen molar-refractivity contribution in [1.29, 1.82) is 0 Å². The minimum Gasteiger partial charge on any atom is -0.380 e. The Kier molecular flexibility index (Phi) is 3.89. The summed E-state index contributed by atoms with van der Waals surface area (Å²) in [4.78, 5) is 0.917. The van der Waals surface area contributed by atoms with Crippen LogP contribution in [-0.4, -0.2) is 11.4 Å². The maximum absolute atomic E-state index is 5.23. The molecule has 0 bridgehead atoms. The predicted octanol–water partition coefficient (Wildman–Crippen LogP) is 4.20.